The molecule has 1 fully saturated rings. The molecule has 5 heteroatoms. The summed E-state index contributed by atoms with van der Waals surface area (Å²) in [5.74, 6) is -1.08. The van der Waals surface area contributed by atoms with E-state index in [1.165, 1.54) is 0 Å². The molecule has 0 unspecified atom stereocenters. The summed E-state index contributed by atoms with van der Waals surface area (Å²) in [7, 11) is 0. The summed E-state index contributed by atoms with van der Waals surface area (Å²) in [4.78, 5) is 11.9. The first-order valence-corrected chi connectivity index (χ1v) is 3.86. The smallest absolute Gasteiger partial charge is 0.315 e. The molecule has 1 saturated heterocycles. The third-order valence-electron chi connectivity index (χ3n) is 1.72. The topological polar surface area (TPSA) is 29.5 Å². The summed E-state index contributed by atoms with van der Waals surface area (Å²) in [6.07, 6.45) is -2.25. The fraction of sp³-hybridized carbons (Fsp3) is 0.857. The summed E-state index contributed by atoms with van der Waals surface area (Å²) in [6.45, 7) is 1.57. The number of carbonyl (C=O) groups excluding carboxylic acids is 1. The van der Waals surface area contributed by atoms with Crippen molar-refractivity contribution in [1.82, 2.24) is 4.90 Å². The molecule has 0 atom stereocenters. The van der Waals surface area contributed by atoms with Gasteiger partial charge in [-0.1, -0.05) is 0 Å². The zero-order chi connectivity index (χ0) is 8.97. The zero-order valence-corrected chi connectivity index (χ0v) is 6.63. The van der Waals surface area contributed by atoms with E-state index in [-0.39, 0.29) is 6.54 Å². The highest BCUT2D eigenvalue weighted by atomic mass is 19.3. The Hall–Kier alpha value is -0.710. The van der Waals surface area contributed by atoms with Crippen LogP contribution in [0.4, 0.5) is 8.78 Å². The summed E-state index contributed by atoms with van der Waals surface area (Å²) in [5.41, 5.74) is 0. The van der Waals surface area contributed by atoms with Crippen molar-refractivity contribution >= 4 is 5.91 Å². The van der Waals surface area contributed by atoms with Crippen LogP contribution in [0.5, 0.6) is 0 Å². The van der Waals surface area contributed by atoms with Crippen molar-refractivity contribution < 1.29 is 18.3 Å². The van der Waals surface area contributed by atoms with Crippen molar-refractivity contribution in [2.45, 2.75) is 12.8 Å². The Morgan fingerprint density at radius 1 is 1.33 bits per heavy atom. The van der Waals surface area contributed by atoms with Crippen molar-refractivity contribution in [3.63, 3.8) is 0 Å². The first-order valence-electron chi connectivity index (χ1n) is 3.86. The number of alkyl halides is 2. The quantitative estimate of drug-likeness (QED) is 0.586. The van der Waals surface area contributed by atoms with Gasteiger partial charge in [0.05, 0.1) is 6.61 Å². The van der Waals surface area contributed by atoms with E-state index < -0.39 is 12.3 Å². The van der Waals surface area contributed by atoms with E-state index in [1.807, 2.05) is 0 Å². The van der Waals surface area contributed by atoms with Crippen molar-refractivity contribution in [3.8, 4) is 0 Å². The predicted octanol–water partition coefficient (Wildman–Crippen LogP) is 0.500. The molecule has 1 amide bonds. The van der Waals surface area contributed by atoms with Gasteiger partial charge in [-0.25, -0.2) is 0 Å². The lowest BCUT2D eigenvalue weighted by Crippen LogP contribution is -2.37. The lowest BCUT2D eigenvalue weighted by molar-refractivity contribution is -0.142. The summed E-state index contributed by atoms with van der Waals surface area (Å²) in [6, 6.07) is 0. The van der Waals surface area contributed by atoms with Gasteiger partial charge in [0.2, 0.25) is 0 Å². The van der Waals surface area contributed by atoms with Gasteiger partial charge in [0.15, 0.2) is 0 Å². The van der Waals surface area contributed by atoms with E-state index >= 15 is 0 Å². The van der Waals surface area contributed by atoms with Crippen LogP contribution in [0.15, 0.2) is 0 Å². The minimum Gasteiger partial charge on any atom is -0.380 e. The average molecular weight is 179 g/mol. The van der Waals surface area contributed by atoms with Gasteiger partial charge in [-0.05, 0) is 6.42 Å². The molecule has 0 aromatic carbocycles. The molecular weight excluding hydrogens is 168 g/mol. The number of halogens is 2. The van der Waals surface area contributed by atoms with Gasteiger partial charge in [0.25, 0.3) is 5.91 Å². The molecule has 1 aliphatic heterocycles. The van der Waals surface area contributed by atoms with Gasteiger partial charge < -0.3 is 9.64 Å². The zero-order valence-electron chi connectivity index (χ0n) is 6.63. The Bertz CT molecular complexity index is 155. The molecule has 0 N–H and O–H groups in total. The highest BCUT2D eigenvalue weighted by Gasteiger charge is 2.23. The molecule has 3 nitrogen and oxygen atoms in total. The van der Waals surface area contributed by atoms with Gasteiger partial charge in [0.1, 0.15) is 0 Å². The summed E-state index contributed by atoms with van der Waals surface area (Å²) in [5, 5.41) is 0. The standard InChI is InChI=1S/C7H11F2NO2/c8-6(9)7(11)10-2-1-4-12-5-3-10/h6H,1-5H2. The molecule has 1 rings (SSSR count). The second-order valence-corrected chi connectivity index (χ2v) is 2.59. The van der Waals surface area contributed by atoms with Gasteiger partial charge in [0, 0.05) is 19.7 Å². The van der Waals surface area contributed by atoms with E-state index in [4.69, 9.17) is 4.74 Å². The third-order valence-corrected chi connectivity index (χ3v) is 1.72. The van der Waals surface area contributed by atoms with Crippen LogP contribution in [0, 0.1) is 0 Å². The van der Waals surface area contributed by atoms with E-state index in [0.717, 1.165) is 4.90 Å². The second-order valence-electron chi connectivity index (χ2n) is 2.59. The third kappa shape index (κ3) is 2.41. The maximum absolute atomic E-state index is 11.9. The predicted molar refractivity (Wildman–Crippen MR) is 38.0 cm³/mol. The van der Waals surface area contributed by atoms with E-state index in [2.05, 4.69) is 0 Å². The lowest BCUT2D eigenvalue weighted by Gasteiger charge is -2.18. The molecule has 70 valence electrons. The molecule has 1 aliphatic rings. The number of rotatable bonds is 1. The van der Waals surface area contributed by atoms with Crippen LogP contribution < -0.4 is 0 Å². The van der Waals surface area contributed by atoms with E-state index in [1.54, 1.807) is 0 Å². The molecule has 12 heavy (non-hydrogen) atoms. The van der Waals surface area contributed by atoms with Crippen LogP contribution in [0.3, 0.4) is 0 Å². The van der Waals surface area contributed by atoms with Crippen LogP contribution in [-0.2, 0) is 9.53 Å². The van der Waals surface area contributed by atoms with Crippen LogP contribution in [0.1, 0.15) is 6.42 Å². The Morgan fingerprint density at radius 3 is 2.75 bits per heavy atom. The largest absolute Gasteiger partial charge is 0.380 e. The molecule has 0 aromatic heterocycles. The van der Waals surface area contributed by atoms with Crippen molar-refractivity contribution in [1.29, 1.82) is 0 Å². The van der Waals surface area contributed by atoms with E-state index in [0.29, 0.717) is 26.2 Å². The fourth-order valence-corrected chi connectivity index (χ4v) is 1.10. The fourth-order valence-electron chi connectivity index (χ4n) is 1.10. The van der Waals surface area contributed by atoms with Crippen LogP contribution >= 0.6 is 0 Å². The molecule has 0 bridgehead atoms. The lowest BCUT2D eigenvalue weighted by atomic mass is 10.4. The average Bonchev–Trinajstić information content (AvgIpc) is 2.30. The Balaban J connectivity index is 2.43. The number of hydrogen-bond acceptors (Lipinski definition) is 2. The summed E-state index contributed by atoms with van der Waals surface area (Å²) >= 11 is 0. The Labute approximate surface area is 69.3 Å². The monoisotopic (exact) mass is 179 g/mol. The first-order chi connectivity index (χ1) is 5.72. The second kappa shape index (κ2) is 4.35. The normalized spacial score (nSPS) is 19.4. The number of ether oxygens (including phenoxy) is 1. The summed E-state index contributed by atoms with van der Waals surface area (Å²) < 4.78 is 28.8. The number of nitrogens with zero attached hydrogens (tertiary/aromatic N) is 1. The highest BCUT2D eigenvalue weighted by molar-refractivity contribution is 5.79. The molecule has 0 radical (unpaired) electrons. The molecular formula is C7H11F2NO2. The van der Waals surface area contributed by atoms with Crippen LogP contribution in [0.25, 0.3) is 0 Å². The number of hydrogen-bond donors (Lipinski definition) is 0. The maximum Gasteiger partial charge on any atom is 0.315 e. The number of carbonyl (C=O) groups is 1. The Kier molecular flexibility index (Phi) is 3.40. The SMILES string of the molecule is O=C(C(F)F)N1CCCOCC1. The maximum atomic E-state index is 11.9. The van der Waals surface area contributed by atoms with Gasteiger partial charge in [-0.3, -0.25) is 4.79 Å². The molecule has 0 saturated carbocycles. The van der Waals surface area contributed by atoms with Gasteiger partial charge in [-0.2, -0.15) is 8.78 Å². The minimum absolute atomic E-state index is 0.281. The highest BCUT2D eigenvalue weighted by Crippen LogP contribution is 2.04. The van der Waals surface area contributed by atoms with Crippen LogP contribution in [-0.4, -0.2) is 43.5 Å². The van der Waals surface area contributed by atoms with Gasteiger partial charge in [-0.15, -0.1) is 0 Å². The molecule has 0 spiro atoms. The molecule has 0 aromatic rings. The first kappa shape index (κ1) is 9.38. The number of amides is 1. The van der Waals surface area contributed by atoms with E-state index in [9.17, 15) is 13.6 Å². The Morgan fingerprint density at radius 2 is 2.08 bits per heavy atom. The van der Waals surface area contributed by atoms with Crippen molar-refractivity contribution in [2.24, 2.45) is 0 Å². The van der Waals surface area contributed by atoms with Crippen molar-refractivity contribution in [3.05, 3.63) is 0 Å². The van der Waals surface area contributed by atoms with Crippen molar-refractivity contribution in [2.75, 3.05) is 26.3 Å². The minimum atomic E-state index is -2.89. The van der Waals surface area contributed by atoms with Gasteiger partial charge >= 0.3 is 6.43 Å². The molecule has 1 heterocycles. The van der Waals surface area contributed by atoms with Crippen LogP contribution in [0.2, 0.25) is 0 Å². The molecule has 0 aliphatic carbocycles.